The van der Waals surface area contributed by atoms with Crippen LogP contribution in [-0.2, 0) is 9.53 Å². The minimum absolute atomic E-state index is 0.114. The van der Waals surface area contributed by atoms with Gasteiger partial charge in [0.2, 0.25) is 0 Å². The van der Waals surface area contributed by atoms with Gasteiger partial charge in [-0.3, -0.25) is 4.79 Å². The Morgan fingerprint density at radius 1 is 1.43 bits per heavy atom. The molecular weight excluding hydrogens is 180 g/mol. The number of cyclic esters (lactones) is 1. The maximum atomic E-state index is 11.3. The van der Waals surface area contributed by atoms with E-state index in [1.54, 1.807) is 6.92 Å². The largest absolute Gasteiger partial charge is 0.462 e. The van der Waals surface area contributed by atoms with E-state index in [9.17, 15) is 9.90 Å². The van der Waals surface area contributed by atoms with Crippen molar-refractivity contribution in [1.29, 1.82) is 0 Å². The molecule has 4 atom stereocenters. The van der Waals surface area contributed by atoms with Gasteiger partial charge in [0.15, 0.2) is 0 Å². The molecular formula is C11H20O3. The van der Waals surface area contributed by atoms with Crippen LogP contribution in [-0.4, -0.2) is 23.3 Å². The normalized spacial score (nSPS) is 38.1. The Hall–Kier alpha value is -0.570. The van der Waals surface area contributed by atoms with Crippen molar-refractivity contribution in [2.24, 2.45) is 11.8 Å². The quantitative estimate of drug-likeness (QED) is 0.706. The topological polar surface area (TPSA) is 46.5 Å². The number of aliphatic hydroxyl groups is 1. The van der Waals surface area contributed by atoms with Gasteiger partial charge in [0.05, 0.1) is 12.0 Å². The first-order chi connectivity index (χ1) is 6.57. The Balaban J connectivity index is 2.59. The molecule has 0 saturated carbocycles. The lowest BCUT2D eigenvalue weighted by atomic mass is 9.82. The average molecular weight is 200 g/mol. The molecule has 1 fully saturated rings. The Kier molecular flexibility index (Phi) is 3.93. The zero-order valence-corrected chi connectivity index (χ0v) is 9.19. The summed E-state index contributed by atoms with van der Waals surface area (Å²) < 4.78 is 5.18. The highest BCUT2D eigenvalue weighted by Gasteiger charge is 2.40. The van der Waals surface area contributed by atoms with Crippen molar-refractivity contribution < 1.29 is 14.6 Å². The summed E-state index contributed by atoms with van der Waals surface area (Å²) >= 11 is 0. The fourth-order valence-corrected chi connectivity index (χ4v) is 2.01. The maximum Gasteiger partial charge on any atom is 0.311 e. The van der Waals surface area contributed by atoms with Gasteiger partial charge in [0.25, 0.3) is 0 Å². The zero-order valence-electron chi connectivity index (χ0n) is 9.19. The van der Waals surface area contributed by atoms with Gasteiger partial charge in [-0.15, -0.1) is 0 Å². The third-order valence-corrected chi connectivity index (χ3v) is 3.12. The Labute approximate surface area is 85.5 Å². The third kappa shape index (κ3) is 2.27. The molecule has 0 aromatic heterocycles. The highest BCUT2D eigenvalue weighted by Crippen LogP contribution is 2.30. The molecule has 1 heterocycles. The van der Waals surface area contributed by atoms with Crippen molar-refractivity contribution in [3.05, 3.63) is 0 Å². The summed E-state index contributed by atoms with van der Waals surface area (Å²) in [5, 5.41) is 9.90. The minimum Gasteiger partial charge on any atom is -0.462 e. The van der Waals surface area contributed by atoms with Gasteiger partial charge in [0, 0.05) is 5.92 Å². The lowest BCUT2D eigenvalue weighted by Crippen LogP contribution is -2.46. The van der Waals surface area contributed by atoms with Gasteiger partial charge in [0.1, 0.15) is 6.10 Å². The maximum absolute atomic E-state index is 11.3. The number of ether oxygens (including phenoxy) is 1. The zero-order chi connectivity index (χ0) is 10.7. The SMILES string of the molecule is CCCC[C@H]1[C@@H](O)[C@H](C)C(=O)O[C@H]1C. The Bertz CT molecular complexity index is 203. The number of hydrogen-bond donors (Lipinski definition) is 1. The molecule has 1 rings (SSSR count). The Morgan fingerprint density at radius 2 is 2.07 bits per heavy atom. The highest BCUT2D eigenvalue weighted by atomic mass is 16.5. The molecule has 14 heavy (non-hydrogen) atoms. The number of aliphatic hydroxyl groups excluding tert-OH is 1. The second-order valence-corrected chi connectivity index (χ2v) is 4.23. The van der Waals surface area contributed by atoms with Crippen molar-refractivity contribution >= 4 is 5.97 Å². The van der Waals surface area contributed by atoms with Crippen molar-refractivity contribution in [3.8, 4) is 0 Å². The monoisotopic (exact) mass is 200 g/mol. The molecule has 0 radical (unpaired) electrons. The Morgan fingerprint density at radius 3 is 2.64 bits per heavy atom. The number of carbonyl (C=O) groups is 1. The van der Waals surface area contributed by atoms with E-state index in [1.165, 1.54) is 0 Å². The number of rotatable bonds is 3. The molecule has 0 unspecified atom stereocenters. The minimum atomic E-state index is -0.530. The van der Waals surface area contributed by atoms with E-state index in [0.717, 1.165) is 19.3 Å². The predicted molar refractivity (Wildman–Crippen MR) is 53.7 cm³/mol. The van der Waals surface area contributed by atoms with Crippen LogP contribution in [0, 0.1) is 11.8 Å². The number of unbranched alkanes of at least 4 members (excludes halogenated alkanes) is 1. The number of esters is 1. The van der Waals surface area contributed by atoms with E-state index < -0.39 is 6.10 Å². The molecule has 0 aromatic carbocycles. The highest BCUT2D eigenvalue weighted by molar-refractivity contribution is 5.73. The van der Waals surface area contributed by atoms with Crippen LogP contribution < -0.4 is 0 Å². The van der Waals surface area contributed by atoms with E-state index in [2.05, 4.69) is 6.92 Å². The van der Waals surface area contributed by atoms with Crippen LogP contribution in [0.1, 0.15) is 40.0 Å². The summed E-state index contributed by atoms with van der Waals surface area (Å²) in [6.07, 6.45) is 2.46. The average Bonchev–Trinajstić information content (AvgIpc) is 2.14. The standard InChI is InChI=1S/C11H20O3/c1-4-5-6-9-8(3)14-11(13)7(2)10(9)12/h7-10,12H,4-6H2,1-3H3/t7-,8-,9+,10-/m0/s1. The summed E-state index contributed by atoms with van der Waals surface area (Å²) in [6.45, 7) is 5.72. The van der Waals surface area contributed by atoms with Crippen LogP contribution in [0.5, 0.6) is 0 Å². The van der Waals surface area contributed by atoms with Crippen molar-refractivity contribution in [1.82, 2.24) is 0 Å². The van der Waals surface area contributed by atoms with Crippen LogP contribution in [0.2, 0.25) is 0 Å². The van der Waals surface area contributed by atoms with E-state index in [4.69, 9.17) is 4.74 Å². The van der Waals surface area contributed by atoms with Crippen LogP contribution in [0.15, 0.2) is 0 Å². The van der Waals surface area contributed by atoms with Crippen molar-refractivity contribution in [3.63, 3.8) is 0 Å². The van der Waals surface area contributed by atoms with Gasteiger partial charge < -0.3 is 9.84 Å². The molecule has 0 amide bonds. The molecule has 1 N–H and O–H groups in total. The van der Waals surface area contributed by atoms with Crippen LogP contribution >= 0.6 is 0 Å². The first-order valence-electron chi connectivity index (χ1n) is 5.46. The third-order valence-electron chi connectivity index (χ3n) is 3.12. The molecule has 0 aliphatic carbocycles. The molecule has 0 aromatic rings. The molecule has 1 aliphatic heterocycles. The van der Waals surface area contributed by atoms with Gasteiger partial charge in [-0.05, 0) is 20.3 Å². The van der Waals surface area contributed by atoms with Gasteiger partial charge >= 0.3 is 5.97 Å². The first kappa shape index (κ1) is 11.5. The van der Waals surface area contributed by atoms with Gasteiger partial charge in [-0.25, -0.2) is 0 Å². The summed E-state index contributed by atoms with van der Waals surface area (Å²) in [6, 6.07) is 0. The summed E-state index contributed by atoms with van der Waals surface area (Å²) in [5.41, 5.74) is 0. The summed E-state index contributed by atoms with van der Waals surface area (Å²) in [5.74, 6) is -0.520. The number of carbonyl (C=O) groups excluding carboxylic acids is 1. The molecule has 0 spiro atoms. The molecule has 3 heteroatoms. The smallest absolute Gasteiger partial charge is 0.311 e. The first-order valence-corrected chi connectivity index (χ1v) is 5.46. The van der Waals surface area contributed by atoms with E-state index in [-0.39, 0.29) is 23.9 Å². The lowest BCUT2D eigenvalue weighted by molar-refractivity contribution is -0.177. The second-order valence-electron chi connectivity index (χ2n) is 4.23. The van der Waals surface area contributed by atoms with E-state index >= 15 is 0 Å². The van der Waals surface area contributed by atoms with Gasteiger partial charge in [-0.1, -0.05) is 19.8 Å². The molecule has 82 valence electrons. The molecule has 1 saturated heterocycles. The second kappa shape index (κ2) is 4.78. The predicted octanol–water partition coefficient (Wildman–Crippen LogP) is 1.74. The summed E-state index contributed by atoms with van der Waals surface area (Å²) in [7, 11) is 0. The van der Waals surface area contributed by atoms with Crippen molar-refractivity contribution in [2.75, 3.05) is 0 Å². The summed E-state index contributed by atoms with van der Waals surface area (Å²) in [4.78, 5) is 11.3. The fourth-order valence-electron chi connectivity index (χ4n) is 2.01. The van der Waals surface area contributed by atoms with E-state index in [0.29, 0.717) is 0 Å². The van der Waals surface area contributed by atoms with E-state index in [1.807, 2.05) is 6.92 Å². The fraction of sp³-hybridized carbons (Fsp3) is 0.909. The lowest BCUT2D eigenvalue weighted by Gasteiger charge is -2.36. The van der Waals surface area contributed by atoms with Gasteiger partial charge in [-0.2, -0.15) is 0 Å². The van der Waals surface area contributed by atoms with Crippen molar-refractivity contribution in [2.45, 2.75) is 52.2 Å². The molecule has 1 aliphatic rings. The molecule has 0 bridgehead atoms. The van der Waals surface area contributed by atoms with Crippen LogP contribution in [0.25, 0.3) is 0 Å². The molecule has 3 nitrogen and oxygen atoms in total. The van der Waals surface area contributed by atoms with Crippen LogP contribution in [0.4, 0.5) is 0 Å². The van der Waals surface area contributed by atoms with Crippen LogP contribution in [0.3, 0.4) is 0 Å². The number of hydrogen-bond acceptors (Lipinski definition) is 3.